The van der Waals surface area contributed by atoms with Crippen LogP contribution in [0.25, 0.3) is 11.2 Å². The normalized spacial score (nSPS) is 33.3. The number of rotatable bonds is 6. The topological polar surface area (TPSA) is 223 Å². The molecule has 2 fully saturated rings. The lowest BCUT2D eigenvalue weighted by Crippen LogP contribution is -2.49. The van der Waals surface area contributed by atoms with Gasteiger partial charge in [0, 0.05) is 5.41 Å². The molecule has 166 valence electrons. The van der Waals surface area contributed by atoms with Crippen molar-refractivity contribution in [3.05, 3.63) is 11.6 Å². The second-order valence-electron chi connectivity index (χ2n) is 7.32. The van der Waals surface area contributed by atoms with Crippen LogP contribution in [-0.2, 0) is 18.0 Å². The maximum atomic E-state index is 11.8. The van der Waals surface area contributed by atoms with E-state index in [1.54, 1.807) is 0 Å². The van der Waals surface area contributed by atoms with Gasteiger partial charge in [-0.2, -0.15) is 14.3 Å². The van der Waals surface area contributed by atoms with Crippen molar-refractivity contribution in [2.45, 2.75) is 31.1 Å². The van der Waals surface area contributed by atoms with Crippen molar-refractivity contribution in [2.24, 2.45) is 11.3 Å². The number of halogens is 1. The number of nitrogen functional groups attached to an aromatic ring is 1. The Kier molecular flexibility index (Phi) is 5.27. The first-order chi connectivity index (χ1) is 13.8. The molecule has 0 amide bonds. The van der Waals surface area contributed by atoms with Crippen LogP contribution >= 0.6 is 27.2 Å². The van der Waals surface area contributed by atoms with E-state index in [1.807, 2.05) is 0 Å². The fraction of sp³-hybridized carbons (Fsp3) is 0.615. The van der Waals surface area contributed by atoms with Crippen molar-refractivity contribution in [2.75, 3.05) is 12.3 Å². The molecule has 4 rings (SSSR count). The van der Waals surface area contributed by atoms with E-state index in [-0.39, 0.29) is 22.3 Å². The first-order valence-electron chi connectivity index (χ1n) is 8.60. The van der Waals surface area contributed by atoms with E-state index < -0.39 is 51.8 Å². The molecule has 2 aliphatic rings. The van der Waals surface area contributed by atoms with Crippen LogP contribution in [0.4, 0.5) is 5.82 Å². The Hall–Kier alpha value is -1.18. The van der Waals surface area contributed by atoms with Gasteiger partial charge >= 0.3 is 15.6 Å². The van der Waals surface area contributed by atoms with Gasteiger partial charge in [-0.05, 0) is 30.4 Å². The van der Waals surface area contributed by atoms with Gasteiger partial charge < -0.3 is 35.2 Å². The van der Waals surface area contributed by atoms with Gasteiger partial charge in [0.05, 0.1) is 25.1 Å². The Balaban J connectivity index is 1.64. The van der Waals surface area contributed by atoms with E-state index in [0.29, 0.717) is 12.8 Å². The Bertz CT molecular complexity index is 1090. The van der Waals surface area contributed by atoms with Crippen LogP contribution in [0.2, 0.25) is 5.28 Å². The largest absolute Gasteiger partial charge is 0.481 e. The van der Waals surface area contributed by atoms with E-state index in [9.17, 15) is 24.2 Å². The third-order valence-electron chi connectivity index (χ3n) is 5.78. The minimum Gasteiger partial charge on any atom is -0.390 e. The zero-order valence-corrected chi connectivity index (χ0v) is 17.6. The van der Waals surface area contributed by atoms with Gasteiger partial charge in [0.2, 0.25) is 5.28 Å². The molecule has 30 heavy (non-hydrogen) atoms. The number of hydrogen-bond donors (Lipinski definition) is 6. The van der Waals surface area contributed by atoms with Crippen LogP contribution in [0.15, 0.2) is 6.33 Å². The molecule has 1 unspecified atom stereocenters. The number of imidazole rings is 1. The van der Waals surface area contributed by atoms with Gasteiger partial charge in [-0.3, -0.25) is 4.52 Å². The number of nitrogens with zero attached hydrogens (tertiary/aromatic N) is 4. The van der Waals surface area contributed by atoms with E-state index in [1.165, 1.54) is 10.9 Å². The lowest BCUT2D eigenvalue weighted by atomic mass is 9.60. The summed E-state index contributed by atoms with van der Waals surface area (Å²) < 4.78 is 32.7. The maximum Gasteiger partial charge on any atom is 0.481 e. The molecule has 2 heterocycles. The number of phosphoric ester groups is 1. The summed E-state index contributed by atoms with van der Waals surface area (Å²) >= 11 is 5.87. The third-order valence-corrected chi connectivity index (χ3v) is 8.08. The SMILES string of the molecule is Nc1nc(Cl)nc2c1ncn2[C@H]1[C@H](O)[C@H](O)[C@]2(COP(=O)(O)OP(=O)(O)O)CC[C@H]12. The first-order valence-corrected chi connectivity index (χ1v) is 12.0. The number of aliphatic hydroxyl groups excluding tert-OH is 2. The molecule has 14 nitrogen and oxygen atoms in total. The Morgan fingerprint density at radius 1 is 1.30 bits per heavy atom. The van der Waals surface area contributed by atoms with Gasteiger partial charge in [-0.25, -0.2) is 14.1 Å². The molecule has 0 aliphatic heterocycles. The van der Waals surface area contributed by atoms with E-state index >= 15 is 0 Å². The van der Waals surface area contributed by atoms with Crippen LogP contribution < -0.4 is 5.73 Å². The fourth-order valence-corrected chi connectivity index (χ4v) is 6.27. The van der Waals surface area contributed by atoms with Crippen molar-refractivity contribution in [1.29, 1.82) is 0 Å². The maximum absolute atomic E-state index is 11.8. The number of fused-ring (bicyclic) bond motifs is 2. The monoisotopic (exact) mass is 485 g/mol. The number of aromatic nitrogens is 4. The summed E-state index contributed by atoms with van der Waals surface area (Å²) in [5.41, 5.74) is 5.14. The lowest BCUT2D eigenvalue weighted by Gasteiger charge is -2.47. The Morgan fingerprint density at radius 3 is 2.60 bits per heavy atom. The Morgan fingerprint density at radius 2 is 2.00 bits per heavy atom. The first kappa shape index (κ1) is 22.0. The molecular weight excluding hydrogens is 468 g/mol. The second-order valence-corrected chi connectivity index (χ2v) is 10.5. The average molecular weight is 486 g/mol. The number of nitrogens with two attached hydrogens (primary N) is 1. The molecule has 0 spiro atoms. The highest BCUT2D eigenvalue weighted by Crippen LogP contribution is 2.65. The molecule has 6 atom stereocenters. The molecule has 0 saturated heterocycles. The van der Waals surface area contributed by atoms with Crippen molar-refractivity contribution in [1.82, 2.24) is 19.5 Å². The molecule has 0 radical (unpaired) electrons. The van der Waals surface area contributed by atoms with Gasteiger partial charge in [0.15, 0.2) is 11.5 Å². The van der Waals surface area contributed by atoms with Crippen LogP contribution in [0.3, 0.4) is 0 Å². The zero-order valence-electron chi connectivity index (χ0n) is 15.0. The van der Waals surface area contributed by atoms with Crippen molar-refractivity contribution >= 4 is 44.2 Å². The van der Waals surface area contributed by atoms with Crippen LogP contribution in [0.5, 0.6) is 0 Å². The van der Waals surface area contributed by atoms with E-state index in [4.69, 9.17) is 31.6 Å². The highest BCUT2D eigenvalue weighted by molar-refractivity contribution is 7.60. The molecular formula is C13H18ClN5O9P2. The molecule has 2 aromatic heterocycles. The summed E-state index contributed by atoms with van der Waals surface area (Å²) in [6.45, 7) is -0.579. The fourth-order valence-electron chi connectivity index (χ4n) is 4.44. The van der Waals surface area contributed by atoms with E-state index in [0.717, 1.165) is 0 Å². The average Bonchev–Trinajstić information content (AvgIpc) is 3.04. The van der Waals surface area contributed by atoms with Gasteiger partial charge in [0.1, 0.15) is 11.6 Å². The van der Waals surface area contributed by atoms with Crippen molar-refractivity contribution < 1.29 is 42.9 Å². The number of phosphoric acid groups is 2. The quantitative estimate of drug-likeness (QED) is 0.233. The molecule has 2 aromatic rings. The van der Waals surface area contributed by atoms with Crippen molar-refractivity contribution in [3.8, 4) is 0 Å². The van der Waals surface area contributed by atoms with Crippen LogP contribution in [0.1, 0.15) is 18.9 Å². The highest BCUT2D eigenvalue weighted by Gasteiger charge is 2.66. The summed E-state index contributed by atoms with van der Waals surface area (Å²) in [5.74, 6) is -0.402. The minimum absolute atomic E-state index is 0.0378. The summed E-state index contributed by atoms with van der Waals surface area (Å²) in [6.07, 6.45) is -0.481. The Labute approximate surface area is 173 Å². The molecule has 7 N–H and O–H groups in total. The molecule has 17 heteroatoms. The third kappa shape index (κ3) is 3.56. The number of aliphatic hydroxyl groups is 2. The summed E-state index contributed by atoms with van der Waals surface area (Å²) in [4.78, 5) is 39.0. The predicted octanol–water partition coefficient (Wildman–Crippen LogP) is -0.0389. The minimum atomic E-state index is -5.28. The smallest absolute Gasteiger partial charge is 0.390 e. The number of hydrogen-bond acceptors (Lipinski definition) is 10. The van der Waals surface area contributed by atoms with Crippen molar-refractivity contribution in [3.63, 3.8) is 0 Å². The number of anilines is 1. The lowest BCUT2D eigenvalue weighted by molar-refractivity contribution is -0.0967. The zero-order chi connectivity index (χ0) is 22.1. The summed E-state index contributed by atoms with van der Waals surface area (Å²) in [5, 5.41) is 21.3. The van der Waals surface area contributed by atoms with Gasteiger partial charge in [-0.1, -0.05) is 0 Å². The van der Waals surface area contributed by atoms with Gasteiger partial charge in [0.25, 0.3) is 0 Å². The highest BCUT2D eigenvalue weighted by atomic mass is 35.5. The molecule has 0 bridgehead atoms. The standard InChI is InChI=1S/C13H18ClN5O9P2/c14-12-17-10(15)6-11(18-12)19(4-16-6)7-5-1-2-13(5,9(21)8(7)20)3-27-30(25,26)28-29(22,23)24/h4-5,7-9,20-21H,1-3H2,(H,25,26)(H2,15,17,18)(H2,22,23,24)/t5-,7-,8+,9+,13+/m1/s1. The summed E-state index contributed by atoms with van der Waals surface area (Å²) in [7, 11) is -10.4. The van der Waals surface area contributed by atoms with Crippen LogP contribution in [-0.4, -0.2) is 63.2 Å². The van der Waals surface area contributed by atoms with Crippen LogP contribution in [0, 0.1) is 11.3 Å². The van der Waals surface area contributed by atoms with E-state index in [2.05, 4.69) is 19.3 Å². The molecule has 2 saturated carbocycles. The molecule has 2 aliphatic carbocycles. The second kappa shape index (κ2) is 7.17. The molecule has 0 aromatic carbocycles. The van der Waals surface area contributed by atoms with Gasteiger partial charge in [-0.15, -0.1) is 0 Å². The predicted molar refractivity (Wildman–Crippen MR) is 99.9 cm³/mol. The summed E-state index contributed by atoms with van der Waals surface area (Å²) in [6, 6.07) is -0.742.